The molecule has 1 aromatic carbocycles. The molecular weight excluding hydrogens is 280 g/mol. The number of nitrogens with one attached hydrogen (secondary N) is 1. The van der Waals surface area contributed by atoms with Crippen LogP contribution in [0.1, 0.15) is 25.8 Å². The van der Waals surface area contributed by atoms with Gasteiger partial charge < -0.3 is 15.0 Å². The molecular formula is C17H24N2O3. The molecule has 1 heterocycles. The Morgan fingerprint density at radius 1 is 1.32 bits per heavy atom. The van der Waals surface area contributed by atoms with Crippen LogP contribution in [0.4, 0.5) is 5.69 Å². The van der Waals surface area contributed by atoms with Gasteiger partial charge in [-0.1, -0.05) is 18.2 Å². The maximum absolute atomic E-state index is 12.8. The number of hydrogen-bond acceptors (Lipinski definition) is 3. The van der Waals surface area contributed by atoms with Crippen LogP contribution in [0.5, 0.6) is 0 Å². The summed E-state index contributed by atoms with van der Waals surface area (Å²) in [6, 6.07) is 7.86. The van der Waals surface area contributed by atoms with E-state index in [1.807, 2.05) is 24.3 Å². The number of hydrogen-bond donors (Lipinski definition) is 1. The third-order valence-corrected chi connectivity index (χ3v) is 4.05. The molecule has 120 valence electrons. The summed E-state index contributed by atoms with van der Waals surface area (Å²) in [7, 11) is 1.63. The van der Waals surface area contributed by atoms with Crippen molar-refractivity contribution in [3.05, 3.63) is 29.8 Å². The molecule has 0 unspecified atom stereocenters. The fourth-order valence-corrected chi connectivity index (χ4v) is 2.62. The van der Waals surface area contributed by atoms with Crippen molar-refractivity contribution in [1.29, 1.82) is 0 Å². The first kappa shape index (κ1) is 16.5. The van der Waals surface area contributed by atoms with Crippen molar-refractivity contribution in [3.8, 4) is 0 Å². The minimum absolute atomic E-state index is 0.151. The number of carbonyl (C=O) groups is 2. The summed E-state index contributed by atoms with van der Waals surface area (Å²) in [5.41, 5.74) is 1.00. The highest BCUT2D eigenvalue weighted by molar-refractivity contribution is 6.11. The molecule has 1 N–H and O–H groups in total. The normalized spacial score (nSPS) is 13.9. The van der Waals surface area contributed by atoms with Crippen molar-refractivity contribution >= 4 is 17.5 Å². The Morgan fingerprint density at radius 3 is 2.77 bits per heavy atom. The molecule has 2 amide bonds. The van der Waals surface area contributed by atoms with Crippen LogP contribution in [0.15, 0.2) is 24.3 Å². The van der Waals surface area contributed by atoms with E-state index in [0.29, 0.717) is 19.7 Å². The van der Waals surface area contributed by atoms with Gasteiger partial charge in [0.25, 0.3) is 0 Å². The number of anilines is 1. The van der Waals surface area contributed by atoms with Crippen LogP contribution in [0, 0.1) is 5.41 Å². The van der Waals surface area contributed by atoms with E-state index in [4.69, 9.17) is 4.74 Å². The number of methoxy groups -OCH3 is 1. The van der Waals surface area contributed by atoms with Crippen LogP contribution >= 0.6 is 0 Å². The van der Waals surface area contributed by atoms with Crippen molar-refractivity contribution in [3.63, 3.8) is 0 Å². The molecule has 1 aliphatic heterocycles. The summed E-state index contributed by atoms with van der Waals surface area (Å²) in [4.78, 5) is 26.9. The second-order valence-corrected chi connectivity index (χ2v) is 6.06. The van der Waals surface area contributed by atoms with Gasteiger partial charge in [0.2, 0.25) is 11.8 Å². The van der Waals surface area contributed by atoms with Gasteiger partial charge in [-0.3, -0.25) is 9.59 Å². The molecule has 5 heteroatoms. The van der Waals surface area contributed by atoms with Crippen LogP contribution in [0.25, 0.3) is 0 Å². The Labute approximate surface area is 131 Å². The van der Waals surface area contributed by atoms with Crippen molar-refractivity contribution < 1.29 is 14.3 Å². The van der Waals surface area contributed by atoms with Crippen LogP contribution in [-0.2, 0) is 20.7 Å². The Hall–Kier alpha value is -1.88. The average molecular weight is 304 g/mol. The van der Waals surface area contributed by atoms with Gasteiger partial charge in [-0.2, -0.15) is 0 Å². The molecule has 0 saturated carbocycles. The lowest BCUT2D eigenvalue weighted by Crippen LogP contribution is -2.49. The minimum atomic E-state index is -1.08. The number of nitrogens with zero attached hydrogens (tertiary/aromatic N) is 1. The number of ether oxygens (including phenoxy) is 1. The number of para-hydroxylation sites is 1. The van der Waals surface area contributed by atoms with E-state index in [1.54, 1.807) is 25.9 Å². The first-order valence-electron chi connectivity index (χ1n) is 7.65. The van der Waals surface area contributed by atoms with Gasteiger partial charge in [-0.25, -0.2) is 0 Å². The second-order valence-electron chi connectivity index (χ2n) is 6.06. The maximum atomic E-state index is 12.8. The SMILES string of the molecule is COCCCNC(=O)C(C)(C)C(=O)N1CCc2ccccc21. The molecule has 1 aromatic rings. The van der Waals surface area contributed by atoms with Crippen molar-refractivity contribution in [1.82, 2.24) is 5.32 Å². The third-order valence-electron chi connectivity index (χ3n) is 4.05. The van der Waals surface area contributed by atoms with Crippen LogP contribution in [0.2, 0.25) is 0 Å². The molecule has 2 rings (SSSR count). The van der Waals surface area contributed by atoms with Gasteiger partial charge in [0, 0.05) is 32.5 Å². The lowest BCUT2D eigenvalue weighted by Gasteiger charge is -2.28. The molecule has 0 saturated heterocycles. The summed E-state index contributed by atoms with van der Waals surface area (Å²) in [5, 5.41) is 2.82. The minimum Gasteiger partial charge on any atom is -0.385 e. The van der Waals surface area contributed by atoms with Gasteiger partial charge in [-0.05, 0) is 38.3 Å². The summed E-state index contributed by atoms with van der Waals surface area (Å²) in [5.74, 6) is -0.389. The largest absolute Gasteiger partial charge is 0.385 e. The molecule has 0 aliphatic carbocycles. The van der Waals surface area contributed by atoms with E-state index in [1.165, 1.54) is 0 Å². The molecule has 5 nitrogen and oxygen atoms in total. The Balaban J connectivity index is 2.03. The highest BCUT2D eigenvalue weighted by atomic mass is 16.5. The Kier molecular flexibility index (Phi) is 5.19. The van der Waals surface area contributed by atoms with Crippen molar-refractivity contribution in [2.45, 2.75) is 26.7 Å². The average Bonchev–Trinajstić information content (AvgIpc) is 2.94. The molecule has 0 bridgehead atoms. The zero-order valence-electron chi connectivity index (χ0n) is 13.5. The highest BCUT2D eigenvalue weighted by Crippen LogP contribution is 2.31. The van der Waals surface area contributed by atoms with Gasteiger partial charge in [-0.15, -0.1) is 0 Å². The summed E-state index contributed by atoms with van der Waals surface area (Å²) >= 11 is 0. The number of benzene rings is 1. The van der Waals surface area contributed by atoms with Gasteiger partial charge in [0.1, 0.15) is 5.41 Å². The molecule has 0 aromatic heterocycles. The summed E-state index contributed by atoms with van der Waals surface area (Å²) in [6.07, 6.45) is 1.58. The quantitative estimate of drug-likeness (QED) is 0.643. The fourth-order valence-electron chi connectivity index (χ4n) is 2.62. The predicted octanol–water partition coefficient (Wildman–Crippen LogP) is 1.75. The third kappa shape index (κ3) is 3.30. The zero-order valence-corrected chi connectivity index (χ0v) is 13.5. The van der Waals surface area contributed by atoms with E-state index in [2.05, 4.69) is 5.32 Å². The number of rotatable bonds is 6. The fraction of sp³-hybridized carbons (Fsp3) is 0.529. The Morgan fingerprint density at radius 2 is 2.05 bits per heavy atom. The zero-order chi connectivity index (χ0) is 16.2. The van der Waals surface area contributed by atoms with Crippen LogP contribution < -0.4 is 10.2 Å². The number of amides is 2. The Bertz CT molecular complexity index is 555. The topological polar surface area (TPSA) is 58.6 Å². The van der Waals surface area contributed by atoms with Crippen molar-refractivity contribution in [2.75, 3.05) is 31.7 Å². The van der Waals surface area contributed by atoms with Crippen LogP contribution in [-0.4, -0.2) is 38.6 Å². The lowest BCUT2D eigenvalue weighted by atomic mass is 9.90. The molecule has 22 heavy (non-hydrogen) atoms. The van der Waals surface area contributed by atoms with Crippen LogP contribution in [0.3, 0.4) is 0 Å². The van der Waals surface area contributed by atoms with Gasteiger partial charge in [0.05, 0.1) is 0 Å². The molecule has 1 aliphatic rings. The first-order chi connectivity index (χ1) is 10.5. The lowest BCUT2D eigenvalue weighted by molar-refractivity contribution is -0.139. The first-order valence-corrected chi connectivity index (χ1v) is 7.65. The molecule has 0 atom stereocenters. The van der Waals surface area contributed by atoms with Gasteiger partial charge in [0.15, 0.2) is 0 Å². The summed E-state index contributed by atoms with van der Waals surface area (Å²) < 4.78 is 4.95. The maximum Gasteiger partial charge on any atom is 0.242 e. The number of fused-ring (bicyclic) bond motifs is 1. The number of carbonyl (C=O) groups excluding carboxylic acids is 2. The van der Waals surface area contributed by atoms with Gasteiger partial charge >= 0.3 is 0 Å². The van der Waals surface area contributed by atoms with E-state index in [9.17, 15) is 9.59 Å². The standard InChI is InChI=1S/C17H24N2O3/c1-17(2,15(20)18-10-6-12-22-3)16(21)19-11-9-13-7-4-5-8-14(13)19/h4-5,7-8H,6,9-12H2,1-3H3,(H,18,20). The molecule has 0 radical (unpaired) electrons. The summed E-state index contributed by atoms with van der Waals surface area (Å²) in [6.45, 7) is 5.11. The molecule has 0 spiro atoms. The van der Waals surface area contributed by atoms with Crippen molar-refractivity contribution in [2.24, 2.45) is 5.41 Å². The molecule has 0 fully saturated rings. The van der Waals surface area contributed by atoms with E-state index in [0.717, 1.165) is 24.1 Å². The van der Waals surface area contributed by atoms with E-state index >= 15 is 0 Å². The predicted molar refractivity (Wildman–Crippen MR) is 85.8 cm³/mol. The second kappa shape index (κ2) is 6.92. The highest BCUT2D eigenvalue weighted by Gasteiger charge is 2.41. The van der Waals surface area contributed by atoms with E-state index < -0.39 is 5.41 Å². The van der Waals surface area contributed by atoms with E-state index in [-0.39, 0.29) is 11.8 Å². The smallest absolute Gasteiger partial charge is 0.242 e. The monoisotopic (exact) mass is 304 g/mol.